The van der Waals surface area contributed by atoms with E-state index in [1.54, 1.807) is 0 Å². The Bertz CT molecular complexity index is 444. The van der Waals surface area contributed by atoms with Gasteiger partial charge in [-0.1, -0.05) is 20.8 Å². The van der Waals surface area contributed by atoms with Crippen molar-refractivity contribution in [2.24, 2.45) is 0 Å². The zero-order valence-corrected chi connectivity index (χ0v) is 16.2. The third-order valence-electron chi connectivity index (χ3n) is 3.90. The van der Waals surface area contributed by atoms with Gasteiger partial charge in [-0.3, -0.25) is 4.98 Å². The number of hydrogen-bond acceptors (Lipinski definition) is 4. The topological polar surface area (TPSA) is 24.9 Å². The zero-order valence-electron chi connectivity index (χ0n) is 13.0. The minimum atomic E-state index is 0.536. The van der Waals surface area contributed by atoms with E-state index >= 15 is 0 Å². The summed E-state index contributed by atoms with van der Waals surface area (Å²) >= 11 is 7.81. The largest absolute Gasteiger partial charge is 0.313 e. The van der Waals surface area contributed by atoms with E-state index in [0.717, 1.165) is 27.9 Å². The summed E-state index contributed by atoms with van der Waals surface area (Å²) in [7, 11) is 0. The van der Waals surface area contributed by atoms with Crippen molar-refractivity contribution < 1.29 is 0 Å². The highest BCUT2D eigenvalue weighted by molar-refractivity contribution is 9.10. The van der Waals surface area contributed by atoms with E-state index in [-0.39, 0.29) is 0 Å². The summed E-state index contributed by atoms with van der Waals surface area (Å²) in [6.45, 7) is 8.05. The first-order chi connectivity index (χ1) is 10.1. The number of halogens is 1. The number of pyridine rings is 1. The summed E-state index contributed by atoms with van der Waals surface area (Å²) in [5.41, 5.74) is 1.31. The van der Waals surface area contributed by atoms with Crippen molar-refractivity contribution >= 4 is 39.5 Å². The van der Waals surface area contributed by atoms with Crippen LogP contribution >= 0.6 is 39.5 Å². The Morgan fingerprint density at radius 3 is 2.86 bits per heavy atom. The molecule has 0 radical (unpaired) electrons. The van der Waals surface area contributed by atoms with Crippen LogP contribution in [0, 0.1) is 0 Å². The van der Waals surface area contributed by atoms with Crippen molar-refractivity contribution in [2.45, 2.75) is 55.4 Å². The Balaban J connectivity index is 2.03. The van der Waals surface area contributed by atoms with Gasteiger partial charge in [0.2, 0.25) is 0 Å². The second-order valence-electron chi connectivity index (χ2n) is 5.69. The Hall–Kier alpha value is 0.290. The molecular weight excluding hydrogens is 364 g/mol. The van der Waals surface area contributed by atoms with Crippen LogP contribution in [0.15, 0.2) is 22.9 Å². The van der Waals surface area contributed by atoms with Crippen LogP contribution in [0.2, 0.25) is 0 Å². The van der Waals surface area contributed by atoms with Gasteiger partial charge in [0.1, 0.15) is 0 Å². The lowest BCUT2D eigenvalue weighted by atomic mass is 10.1. The molecule has 1 aliphatic rings. The first kappa shape index (κ1) is 17.6. The molecule has 0 amide bonds. The number of nitrogens with one attached hydrogen (secondary N) is 1. The molecule has 0 bridgehead atoms. The minimum Gasteiger partial charge on any atom is -0.313 e. The van der Waals surface area contributed by atoms with Gasteiger partial charge in [0.05, 0.1) is 0 Å². The molecule has 1 fully saturated rings. The van der Waals surface area contributed by atoms with E-state index in [0.29, 0.717) is 11.3 Å². The van der Waals surface area contributed by atoms with E-state index in [4.69, 9.17) is 0 Å². The Morgan fingerprint density at radius 1 is 1.38 bits per heavy atom. The maximum atomic E-state index is 4.30. The number of hydrogen-bond donors (Lipinski definition) is 1. The normalized spacial score (nSPS) is 27.5. The monoisotopic (exact) mass is 388 g/mol. The lowest BCUT2D eigenvalue weighted by molar-refractivity contribution is 0.503. The quantitative estimate of drug-likeness (QED) is 0.781. The van der Waals surface area contributed by atoms with Crippen LogP contribution in [0.5, 0.6) is 0 Å². The summed E-state index contributed by atoms with van der Waals surface area (Å²) in [5, 5.41) is 5.96. The summed E-state index contributed by atoms with van der Waals surface area (Å²) in [5.74, 6) is 1.25. The molecule has 21 heavy (non-hydrogen) atoms. The van der Waals surface area contributed by atoms with Gasteiger partial charge >= 0.3 is 0 Å². The molecule has 1 aliphatic heterocycles. The van der Waals surface area contributed by atoms with Crippen molar-refractivity contribution in [3.05, 3.63) is 28.5 Å². The lowest BCUT2D eigenvalue weighted by Crippen LogP contribution is -2.45. The van der Waals surface area contributed by atoms with E-state index < -0.39 is 0 Å². The van der Waals surface area contributed by atoms with Crippen molar-refractivity contribution in [3.63, 3.8) is 0 Å². The van der Waals surface area contributed by atoms with Crippen molar-refractivity contribution in [2.75, 3.05) is 12.3 Å². The zero-order chi connectivity index (χ0) is 15.2. The van der Waals surface area contributed by atoms with Crippen LogP contribution < -0.4 is 5.32 Å². The maximum Gasteiger partial charge on any atom is 0.0410 e. The lowest BCUT2D eigenvalue weighted by Gasteiger charge is -2.36. The third kappa shape index (κ3) is 5.45. The van der Waals surface area contributed by atoms with Crippen molar-refractivity contribution in [1.29, 1.82) is 0 Å². The molecule has 0 spiro atoms. The second-order valence-corrected chi connectivity index (χ2v) is 9.64. The number of nitrogens with zero attached hydrogens (tertiary/aromatic N) is 1. The van der Waals surface area contributed by atoms with Gasteiger partial charge in [-0.05, 0) is 46.9 Å². The Morgan fingerprint density at radius 2 is 2.19 bits per heavy atom. The molecule has 5 heteroatoms. The van der Waals surface area contributed by atoms with Gasteiger partial charge in [0.15, 0.2) is 0 Å². The second kappa shape index (κ2) is 8.80. The highest BCUT2D eigenvalue weighted by Gasteiger charge is 2.31. The summed E-state index contributed by atoms with van der Waals surface area (Å²) in [6.07, 6.45) is 6.10. The summed E-state index contributed by atoms with van der Waals surface area (Å²) in [6, 6.07) is 2.73. The van der Waals surface area contributed by atoms with E-state index in [2.05, 4.69) is 76.6 Å². The van der Waals surface area contributed by atoms with Crippen LogP contribution in [0.25, 0.3) is 0 Å². The van der Waals surface area contributed by atoms with E-state index in [1.807, 2.05) is 12.4 Å². The summed E-state index contributed by atoms with van der Waals surface area (Å²) in [4.78, 5) is 4.30. The first-order valence-corrected chi connectivity index (χ1v) is 10.5. The van der Waals surface area contributed by atoms with Gasteiger partial charge in [0.25, 0.3) is 0 Å². The Kier molecular flexibility index (Phi) is 7.39. The van der Waals surface area contributed by atoms with Gasteiger partial charge < -0.3 is 5.32 Å². The molecule has 2 nitrogen and oxygen atoms in total. The first-order valence-electron chi connectivity index (χ1n) is 7.70. The Labute approximate surface area is 145 Å². The molecule has 4 atom stereocenters. The number of thioether (sulfide) groups is 2. The highest BCUT2D eigenvalue weighted by Crippen LogP contribution is 2.37. The van der Waals surface area contributed by atoms with Crippen molar-refractivity contribution in [3.8, 4) is 0 Å². The molecule has 118 valence electrons. The number of rotatable bonds is 6. The fraction of sp³-hybridized carbons (Fsp3) is 0.688. The van der Waals surface area contributed by atoms with Crippen LogP contribution in [-0.2, 0) is 6.42 Å². The molecule has 0 saturated carbocycles. The molecule has 1 N–H and O–H groups in total. The molecule has 1 aromatic heterocycles. The smallest absolute Gasteiger partial charge is 0.0410 e. The van der Waals surface area contributed by atoms with Crippen LogP contribution in [0.1, 0.15) is 32.8 Å². The average Bonchev–Trinajstić information content (AvgIpc) is 2.46. The van der Waals surface area contributed by atoms with Gasteiger partial charge in [-0.25, -0.2) is 0 Å². The molecule has 1 saturated heterocycles. The molecule has 4 unspecified atom stereocenters. The van der Waals surface area contributed by atoms with Gasteiger partial charge in [-0.15, -0.1) is 0 Å². The SMILES string of the molecule is CCCNC(Cc1cncc(Br)c1)C1CSC(C)C(C)S1. The van der Waals surface area contributed by atoms with Gasteiger partial charge in [-0.2, -0.15) is 23.5 Å². The minimum absolute atomic E-state index is 0.536. The third-order valence-corrected chi connectivity index (χ3v) is 7.88. The van der Waals surface area contributed by atoms with E-state index in [1.165, 1.54) is 17.7 Å². The fourth-order valence-corrected chi connectivity index (χ4v) is 6.05. The standard InChI is InChI=1S/C16H25BrN2S2/c1-4-5-19-15(7-13-6-14(17)9-18-8-13)16-10-20-11(2)12(3)21-16/h6,8-9,11-12,15-16,19H,4-5,7,10H2,1-3H3. The van der Waals surface area contributed by atoms with Crippen LogP contribution in [0.4, 0.5) is 0 Å². The molecule has 2 rings (SSSR count). The molecule has 0 aliphatic carbocycles. The average molecular weight is 389 g/mol. The van der Waals surface area contributed by atoms with Crippen molar-refractivity contribution in [1.82, 2.24) is 10.3 Å². The van der Waals surface area contributed by atoms with Crippen LogP contribution in [-0.4, -0.2) is 39.1 Å². The highest BCUT2D eigenvalue weighted by atomic mass is 79.9. The van der Waals surface area contributed by atoms with Crippen LogP contribution in [0.3, 0.4) is 0 Å². The van der Waals surface area contributed by atoms with Gasteiger partial charge in [0, 0.05) is 44.4 Å². The van der Waals surface area contributed by atoms with E-state index in [9.17, 15) is 0 Å². The molecular formula is C16H25BrN2S2. The number of aromatic nitrogens is 1. The molecule has 2 heterocycles. The molecule has 1 aromatic rings. The summed E-state index contributed by atoms with van der Waals surface area (Å²) < 4.78 is 1.07. The fourth-order valence-electron chi connectivity index (χ4n) is 2.50. The molecule has 0 aromatic carbocycles. The predicted octanol–water partition coefficient (Wildman–Crippen LogP) is 4.38. The maximum absolute atomic E-state index is 4.30. The predicted molar refractivity (Wildman–Crippen MR) is 100 cm³/mol.